The van der Waals surface area contributed by atoms with Crippen LogP contribution in [0.4, 0.5) is 5.69 Å². The summed E-state index contributed by atoms with van der Waals surface area (Å²) >= 11 is 0. The van der Waals surface area contributed by atoms with Gasteiger partial charge in [0.25, 0.3) is 5.91 Å². The van der Waals surface area contributed by atoms with Crippen molar-refractivity contribution in [3.63, 3.8) is 0 Å². The van der Waals surface area contributed by atoms with Crippen LogP contribution in [0.15, 0.2) is 48.5 Å². The monoisotopic (exact) mass is 339 g/mol. The second kappa shape index (κ2) is 8.03. The molecule has 1 aliphatic rings. The average molecular weight is 339 g/mol. The van der Waals surface area contributed by atoms with Gasteiger partial charge < -0.3 is 19.9 Å². The fourth-order valence-corrected chi connectivity index (χ4v) is 3.00. The summed E-state index contributed by atoms with van der Waals surface area (Å²) in [5.41, 5.74) is 2.88. The number of methoxy groups -OCH3 is 1. The van der Waals surface area contributed by atoms with Crippen molar-refractivity contribution in [2.45, 2.75) is 6.54 Å². The number of nitrogens with zero attached hydrogens (tertiary/aromatic N) is 2. The molecule has 2 aromatic carbocycles. The molecule has 1 N–H and O–H groups in total. The molecule has 5 nitrogen and oxygen atoms in total. The van der Waals surface area contributed by atoms with Crippen LogP contribution >= 0.6 is 0 Å². The molecule has 0 aliphatic carbocycles. The van der Waals surface area contributed by atoms with E-state index in [0.29, 0.717) is 17.9 Å². The van der Waals surface area contributed by atoms with Crippen LogP contribution in [0.5, 0.6) is 5.75 Å². The minimum atomic E-state index is -0.124. The van der Waals surface area contributed by atoms with Crippen LogP contribution in [-0.2, 0) is 6.54 Å². The number of likely N-dealkylation sites (N-methyl/N-ethyl adjacent to an activating group) is 1. The third-order valence-corrected chi connectivity index (χ3v) is 4.61. The molecule has 0 aromatic heterocycles. The van der Waals surface area contributed by atoms with E-state index < -0.39 is 0 Å². The number of amides is 1. The van der Waals surface area contributed by atoms with Gasteiger partial charge in [0.2, 0.25) is 0 Å². The van der Waals surface area contributed by atoms with Gasteiger partial charge in [-0.3, -0.25) is 4.79 Å². The van der Waals surface area contributed by atoms with E-state index in [1.165, 1.54) is 5.69 Å². The quantitative estimate of drug-likeness (QED) is 0.908. The first-order chi connectivity index (χ1) is 12.2. The van der Waals surface area contributed by atoms with Crippen LogP contribution in [0.2, 0.25) is 0 Å². The Morgan fingerprint density at radius 3 is 2.40 bits per heavy atom. The molecular formula is C20H25N3O2. The lowest BCUT2D eigenvalue weighted by atomic mass is 10.1. The van der Waals surface area contributed by atoms with Gasteiger partial charge in [-0.25, -0.2) is 0 Å². The number of piperazine rings is 1. The molecule has 0 atom stereocenters. The highest BCUT2D eigenvalue weighted by molar-refractivity contribution is 5.96. The number of para-hydroxylation sites is 1. The third kappa shape index (κ3) is 4.31. The van der Waals surface area contributed by atoms with E-state index in [1.54, 1.807) is 19.2 Å². The Balaban J connectivity index is 1.57. The van der Waals surface area contributed by atoms with Gasteiger partial charge in [-0.2, -0.15) is 0 Å². The molecule has 2 aromatic rings. The molecule has 1 aliphatic heterocycles. The fourth-order valence-electron chi connectivity index (χ4n) is 3.00. The molecule has 0 radical (unpaired) electrons. The van der Waals surface area contributed by atoms with E-state index in [-0.39, 0.29) is 5.91 Å². The zero-order valence-corrected chi connectivity index (χ0v) is 14.9. The number of rotatable bonds is 5. The van der Waals surface area contributed by atoms with Crippen molar-refractivity contribution in [1.29, 1.82) is 0 Å². The maximum absolute atomic E-state index is 12.3. The number of carbonyl (C=O) groups is 1. The highest BCUT2D eigenvalue weighted by atomic mass is 16.5. The number of benzene rings is 2. The largest absolute Gasteiger partial charge is 0.496 e. The summed E-state index contributed by atoms with van der Waals surface area (Å²) in [4.78, 5) is 17.1. The molecule has 0 saturated carbocycles. The predicted molar refractivity (Wildman–Crippen MR) is 100 cm³/mol. The minimum Gasteiger partial charge on any atom is -0.496 e. The zero-order valence-electron chi connectivity index (χ0n) is 14.9. The normalized spacial score (nSPS) is 15.0. The lowest BCUT2D eigenvalue weighted by Crippen LogP contribution is -2.44. The molecular weight excluding hydrogens is 314 g/mol. The van der Waals surface area contributed by atoms with Crippen molar-refractivity contribution in [1.82, 2.24) is 10.2 Å². The van der Waals surface area contributed by atoms with Crippen molar-refractivity contribution < 1.29 is 9.53 Å². The summed E-state index contributed by atoms with van der Waals surface area (Å²) < 4.78 is 5.24. The van der Waals surface area contributed by atoms with Crippen molar-refractivity contribution in [2.75, 3.05) is 45.2 Å². The fraction of sp³-hybridized carbons (Fsp3) is 0.350. The van der Waals surface area contributed by atoms with Gasteiger partial charge in [0.15, 0.2) is 0 Å². The molecule has 0 bridgehead atoms. The number of hydrogen-bond acceptors (Lipinski definition) is 4. The SMILES string of the molecule is COc1ccccc1C(=O)NCc1ccc(N2CCN(C)CC2)cc1. The molecule has 5 heteroatoms. The summed E-state index contributed by atoms with van der Waals surface area (Å²) in [6, 6.07) is 15.7. The molecule has 3 rings (SSSR count). The Bertz CT molecular complexity index is 707. The minimum absolute atomic E-state index is 0.124. The van der Waals surface area contributed by atoms with Gasteiger partial charge in [0.05, 0.1) is 12.7 Å². The highest BCUT2D eigenvalue weighted by Gasteiger charge is 2.14. The van der Waals surface area contributed by atoms with E-state index in [2.05, 4.69) is 46.4 Å². The molecule has 1 fully saturated rings. The first kappa shape index (κ1) is 17.3. The number of anilines is 1. The van der Waals surface area contributed by atoms with Crippen molar-refractivity contribution in [2.24, 2.45) is 0 Å². The summed E-state index contributed by atoms with van der Waals surface area (Å²) in [5.74, 6) is 0.464. The van der Waals surface area contributed by atoms with E-state index in [9.17, 15) is 4.79 Å². The van der Waals surface area contributed by atoms with Crippen LogP contribution in [-0.4, -0.2) is 51.1 Å². The van der Waals surface area contributed by atoms with Gasteiger partial charge in [-0.1, -0.05) is 24.3 Å². The average Bonchev–Trinajstić information content (AvgIpc) is 2.67. The zero-order chi connectivity index (χ0) is 17.6. The van der Waals surface area contributed by atoms with Crippen LogP contribution in [0.25, 0.3) is 0 Å². The Kier molecular flexibility index (Phi) is 5.56. The maximum atomic E-state index is 12.3. The topological polar surface area (TPSA) is 44.8 Å². The second-order valence-corrected chi connectivity index (χ2v) is 6.34. The van der Waals surface area contributed by atoms with E-state index in [4.69, 9.17) is 4.74 Å². The van der Waals surface area contributed by atoms with Crippen molar-refractivity contribution in [3.8, 4) is 5.75 Å². The van der Waals surface area contributed by atoms with Crippen LogP contribution in [0.3, 0.4) is 0 Å². The van der Waals surface area contributed by atoms with Crippen LogP contribution < -0.4 is 15.0 Å². The standard InChI is InChI=1S/C20H25N3O2/c1-22-11-13-23(14-12-22)17-9-7-16(8-10-17)15-21-20(24)18-5-3-4-6-19(18)25-2/h3-10H,11-15H2,1-2H3,(H,21,24). The Labute approximate surface area is 149 Å². The first-order valence-electron chi connectivity index (χ1n) is 8.61. The van der Waals surface area contributed by atoms with Crippen molar-refractivity contribution in [3.05, 3.63) is 59.7 Å². The van der Waals surface area contributed by atoms with Gasteiger partial charge >= 0.3 is 0 Å². The number of carbonyl (C=O) groups excluding carboxylic acids is 1. The molecule has 1 heterocycles. The van der Waals surface area contributed by atoms with Crippen LogP contribution in [0.1, 0.15) is 15.9 Å². The van der Waals surface area contributed by atoms with Gasteiger partial charge in [-0.15, -0.1) is 0 Å². The Morgan fingerprint density at radius 1 is 1.04 bits per heavy atom. The Morgan fingerprint density at radius 2 is 1.72 bits per heavy atom. The maximum Gasteiger partial charge on any atom is 0.255 e. The molecule has 1 amide bonds. The summed E-state index contributed by atoms with van der Waals surface area (Å²) in [5, 5.41) is 2.96. The highest BCUT2D eigenvalue weighted by Crippen LogP contribution is 2.19. The molecule has 25 heavy (non-hydrogen) atoms. The van der Waals surface area contributed by atoms with E-state index in [1.807, 2.05) is 12.1 Å². The molecule has 132 valence electrons. The van der Waals surface area contributed by atoms with E-state index >= 15 is 0 Å². The molecule has 0 unspecified atom stereocenters. The Hall–Kier alpha value is -2.53. The molecule has 1 saturated heterocycles. The summed E-state index contributed by atoms with van der Waals surface area (Å²) in [6.07, 6.45) is 0. The predicted octanol–water partition coefficient (Wildman–Crippen LogP) is 2.38. The summed E-state index contributed by atoms with van der Waals surface area (Å²) in [6.45, 7) is 4.80. The van der Waals surface area contributed by atoms with E-state index in [0.717, 1.165) is 31.7 Å². The van der Waals surface area contributed by atoms with Gasteiger partial charge in [-0.05, 0) is 36.9 Å². The first-order valence-corrected chi connectivity index (χ1v) is 8.61. The number of nitrogens with one attached hydrogen (secondary N) is 1. The smallest absolute Gasteiger partial charge is 0.255 e. The molecule has 0 spiro atoms. The third-order valence-electron chi connectivity index (χ3n) is 4.61. The lowest BCUT2D eigenvalue weighted by molar-refractivity contribution is 0.0948. The number of hydrogen-bond donors (Lipinski definition) is 1. The lowest BCUT2D eigenvalue weighted by Gasteiger charge is -2.34. The van der Waals surface area contributed by atoms with Gasteiger partial charge in [0, 0.05) is 38.4 Å². The summed E-state index contributed by atoms with van der Waals surface area (Å²) in [7, 11) is 3.73. The van der Waals surface area contributed by atoms with Crippen molar-refractivity contribution >= 4 is 11.6 Å². The van der Waals surface area contributed by atoms with Gasteiger partial charge in [0.1, 0.15) is 5.75 Å². The number of ether oxygens (including phenoxy) is 1. The second-order valence-electron chi connectivity index (χ2n) is 6.34. The van der Waals surface area contributed by atoms with Crippen LogP contribution in [0, 0.1) is 0 Å².